The Morgan fingerprint density at radius 1 is 1.24 bits per heavy atom. The van der Waals surface area contributed by atoms with E-state index in [0.717, 1.165) is 38.0 Å². The monoisotopic (exact) mass is 369 g/mol. The number of amides is 1. The lowest BCUT2D eigenvalue weighted by Crippen LogP contribution is -2.57. The fourth-order valence-electron chi connectivity index (χ4n) is 2.60. The van der Waals surface area contributed by atoms with Gasteiger partial charge in [0.1, 0.15) is 11.4 Å². The Bertz CT molecular complexity index is 550. The van der Waals surface area contributed by atoms with Gasteiger partial charge in [-0.15, -0.1) is 0 Å². The van der Waals surface area contributed by atoms with Crippen LogP contribution in [-0.2, 0) is 19.5 Å². The van der Waals surface area contributed by atoms with Crippen LogP contribution in [0.15, 0.2) is 24.3 Å². The summed E-state index contributed by atoms with van der Waals surface area (Å²) in [5, 5.41) is 12.3. The molecule has 140 valence electrons. The van der Waals surface area contributed by atoms with Crippen LogP contribution in [0.3, 0.4) is 0 Å². The third kappa shape index (κ3) is 7.13. The molecule has 0 atom stereocenters. The topological polar surface area (TPSA) is 77.0 Å². The number of phenolic OH excluding ortho intramolecular Hbond substituents is 1. The molecule has 0 aromatic heterocycles. The van der Waals surface area contributed by atoms with Gasteiger partial charge < -0.3 is 15.2 Å². The first kappa shape index (κ1) is 19.9. The third-order valence-electron chi connectivity index (χ3n) is 3.84. The van der Waals surface area contributed by atoms with Crippen LogP contribution in [0, 0.1) is 0 Å². The van der Waals surface area contributed by atoms with Crippen LogP contribution in [0.25, 0.3) is 0 Å². The average molecular weight is 369 g/mol. The van der Waals surface area contributed by atoms with E-state index in [2.05, 4.69) is 5.32 Å². The Hall–Kier alpha value is -1.44. The Balaban J connectivity index is 1.84. The zero-order chi connectivity index (χ0) is 18.3. The van der Waals surface area contributed by atoms with E-state index in [1.807, 2.05) is 32.9 Å². The number of aryl methyl sites for hydroxylation is 1. The van der Waals surface area contributed by atoms with E-state index in [1.165, 1.54) is 5.56 Å². The van der Waals surface area contributed by atoms with Gasteiger partial charge >= 0.3 is 6.09 Å². The number of rotatable bonds is 6. The zero-order valence-electron chi connectivity index (χ0n) is 15.0. The molecular formula is C18H27NO5S. The maximum atomic E-state index is 12.1. The van der Waals surface area contributed by atoms with Crippen molar-refractivity contribution in [2.24, 2.45) is 0 Å². The van der Waals surface area contributed by atoms with E-state index in [0.29, 0.717) is 13.2 Å². The maximum absolute atomic E-state index is 12.1. The predicted molar refractivity (Wildman–Crippen MR) is 97.3 cm³/mol. The van der Waals surface area contributed by atoms with Crippen LogP contribution in [0.4, 0.5) is 4.79 Å². The minimum absolute atomic E-state index is 0.276. The molecule has 0 spiro atoms. The fraction of sp³-hybridized carbons (Fsp3) is 0.611. The largest absolute Gasteiger partial charge is 0.508 e. The van der Waals surface area contributed by atoms with Gasteiger partial charge in [0.15, 0.2) is 12.3 Å². The van der Waals surface area contributed by atoms with Gasteiger partial charge in [-0.1, -0.05) is 18.6 Å². The molecule has 0 unspecified atom stereocenters. The van der Waals surface area contributed by atoms with Crippen molar-refractivity contribution in [1.82, 2.24) is 5.32 Å². The number of benzene rings is 1. The van der Waals surface area contributed by atoms with Gasteiger partial charge in [-0.25, -0.2) is 4.79 Å². The van der Waals surface area contributed by atoms with Crippen molar-refractivity contribution in [3.05, 3.63) is 29.8 Å². The van der Waals surface area contributed by atoms with Gasteiger partial charge in [-0.2, -0.15) is 0 Å². The summed E-state index contributed by atoms with van der Waals surface area (Å²) in [6.45, 7) is 6.27. The van der Waals surface area contributed by atoms with Crippen molar-refractivity contribution in [3.63, 3.8) is 0 Å². The molecule has 25 heavy (non-hydrogen) atoms. The first-order valence-corrected chi connectivity index (χ1v) is 9.15. The Labute approximate surface area is 153 Å². The Kier molecular flexibility index (Phi) is 6.98. The van der Waals surface area contributed by atoms with Gasteiger partial charge in [0.25, 0.3) is 0 Å². The molecule has 0 radical (unpaired) electrons. The number of nitrogens with one attached hydrogen (secondary N) is 1. The summed E-state index contributed by atoms with van der Waals surface area (Å²) in [6.07, 6.45) is 3.08. The van der Waals surface area contributed by atoms with Crippen molar-refractivity contribution in [1.29, 1.82) is 0 Å². The molecule has 1 aliphatic rings. The van der Waals surface area contributed by atoms with Crippen LogP contribution in [0.5, 0.6) is 5.75 Å². The fourth-order valence-corrected chi connectivity index (χ4v) is 3.22. The molecule has 7 heteroatoms. The molecule has 1 fully saturated rings. The van der Waals surface area contributed by atoms with Crippen molar-refractivity contribution >= 4 is 18.4 Å². The summed E-state index contributed by atoms with van der Waals surface area (Å²) >= 11 is 0.959. The molecule has 1 aromatic rings. The first-order valence-electron chi connectivity index (χ1n) is 8.48. The molecule has 2 rings (SSSR count). The van der Waals surface area contributed by atoms with E-state index in [4.69, 9.17) is 13.1 Å². The van der Waals surface area contributed by atoms with Crippen LogP contribution in [0.2, 0.25) is 0 Å². The van der Waals surface area contributed by atoms with Gasteiger partial charge in [0.05, 0.1) is 18.8 Å². The van der Waals surface area contributed by atoms with Crippen molar-refractivity contribution in [2.45, 2.75) is 57.6 Å². The van der Waals surface area contributed by atoms with Crippen LogP contribution < -0.4 is 5.32 Å². The van der Waals surface area contributed by atoms with E-state index >= 15 is 0 Å². The number of unbranched alkanes of at least 4 members (excludes halogenated alkanes) is 1. The van der Waals surface area contributed by atoms with Crippen molar-refractivity contribution < 1.29 is 23.0 Å². The van der Waals surface area contributed by atoms with Crippen molar-refractivity contribution in [2.75, 3.05) is 13.2 Å². The standard InChI is InChI=1S/C18H27NO5S/c1-17(2,3)24-16(21)19-18(12-22-25-23-13-18)11-5-4-6-14-7-9-15(20)10-8-14/h7-10,20H,4-6,11-13H2,1-3H3,(H,19,21). The summed E-state index contributed by atoms with van der Waals surface area (Å²) in [4.78, 5) is 12.1. The third-order valence-corrected chi connectivity index (χ3v) is 4.27. The highest BCUT2D eigenvalue weighted by atomic mass is 32.2. The molecule has 0 saturated carbocycles. The number of carbonyl (C=O) groups excluding carboxylic acids is 1. The van der Waals surface area contributed by atoms with Gasteiger partial charge in [-0.3, -0.25) is 8.37 Å². The summed E-state index contributed by atoms with van der Waals surface area (Å²) in [5.41, 5.74) is 0.0660. The number of ether oxygens (including phenoxy) is 1. The lowest BCUT2D eigenvalue weighted by molar-refractivity contribution is 0.0268. The maximum Gasteiger partial charge on any atom is 0.408 e. The minimum Gasteiger partial charge on any atom is -0.508 e. The molecule has 0 aliphatic carbocycles. The first-order chi connectivity index (χ1) is 11.8. The van der Waals surface area contributed by atoms with Gasteiger partial charge in [0, 0.05) is 0 Å². The Morgan fingerprint density at radius 3 is 2.48 bits per heavy atom. The molecule has 1 amide bonds. The van der Waals surface area contributed by atoms with E-state index in [1.54, 1.807) is 12.1 Å². The van der Waals surface area contributed by atoms with Gasteiger partial charge in [0.2, 0.25) is 0 Å². The normalized spacial score (nSPS) is 17.1. The summed E-state index contributed by atoms with van der Waals surface area (Å²) in [5.74, 6) is 0.276. The highest BCUT2D eigenvalue weighted by Crippen LogP contribution is 2.27. The van der Waals surface area contributed by atoms with Crippen LogP contribution >= 0.6 is 12.3 Å². The minimum atomic E-state index is -0.567. The SMILES string of the molecule is CC(C)(C)OC(=O)NC1(CCCCc2ccc(O)cc2)COSOC1. The van der Waals surface area contributed by atoms with E-state index in [9.17, 15) is 9.90 Å². The lowest BCUT2D eigenvalue weighted by atomic mass is 9.93. The second kappa shape index (κ2) is 8.78. The number of hydrogen-bond donors (Lipinski definition) is 2. The zero-order valence-corrected chi connectivity index (χ0v) is 15.9. The smallest absolute Gasteiger partial charge is 0.408 e. The lowest BCUT2D eigenvalue weighted by Gasteiger charge is -2.36. The molecule has 1 saturated heterocycles. The van der Waals surface area contributed by atoms with Crippen molar-refractivity contribution in [3.8, 4) is 5.75 Å². The highest BCUT2D eigenvalue weighted by Gasteiger charge is 2.37. The van der Waals surface area contributed by atoms with E-state index in [-0.39, 0.29) is 5.75 Å². The van der Waals surface area contributed by atoms with Crippen LogP contribution in [0.1, 0.15) is 45.6 Å². The number of alkyl carbamates (subject to hydrolysis) is 1. The van der Waals surface area contributed by atoms with Gasteiger partial charge in [-0.05, 0) is 57.7 Å². The number of phenols is 1. The number of carbonyl (C=O) groups is 1. The second-order valence-electron chi connectivity index (χ2n) is 7.37. The molecule has 0 bridgehead atoms. The molecule has 2 N–H and O–H groups in total. The van der Waals surface area contributed by atoms with Crippen LogP contribution in [-0.4, -0.2) is 35.6 Å². The average Bonchev–Trinajstić information content (AvgIpc) is 2.52. The summed E-state index contributed by atoms with van der Waals surface area (Å²) in [6, 6.07) is 7.24. The summed E-state index contributed by atoms with van der Waals surface area (Å²) < 4.78 is 16.0. The quantitative estimate of drug-likeness (QED) is 0.583. The molecular weight excluding hydrogens is 342 g/mol. The predicted octanol–water partition coefficient (Wildman–Crippen LogP) is 3.98. The molecule has 6 nitrogen and oxygen atoms in total. The highest BCUT2D eigenvalue weighted by molar-refractivity contribution is 7.89. The number of hydrogen-bond acceptors (Lipinski definition) is 6. The second-order valence-corrected chi connectivity index (χ2v) is 7.98. The molecule has 1 aliphatic heterocycles. The number of aromatic hydroxyl groups is 1. The molecule has 1 aromatic carbocycles. The molecule has 1 heterocycles. The Morgan fingerprint density at radius 2 is 1.88 bits per heavy atom. The van der Waals surface area contributed by atoms with E-state index < -0.39 is 17.2 Å². The summed E-state index contributed by atoms with van der Waals surface area (Å²) in [7, 11) is 0.